The van der Waals surface area contributed by atoms with E-state index < -0.39 is 0 Å². The van der Waals surface area contributed by atoms with E-state index in [9.17, 15) is 9.59 Å². The van der Waals surface area contributed by atoms with Crippen LogP contribution >= 0.6 is 23.1 Å². The Morgan fingerprint density at radius 2 is 2.30 bits per heavy atom. The Hall–Kier alpha value is -1.87. The van der Waals surface area contributed by atoms with Crippen LogP contribution in [0.3, 0.4) is 0 Å². The first-order chi connectivity index (χ1) is 11.1. The summed E-state index contributed by atoms with van der Waals surface area (Å²) in [6.45, 7) is 1.57. The topological polar surface area (TPSA) is 80.1 Å². The number of aromatic nitrogens is 3. The summed E-state index contributed by atoms with van der Waals surface area (Å²) in [5, 5.41) is 13.4. The van der Waals surface area contributed by atoms with Crippen molar-refractivity contribution in [3.05, 3.63) is 28.7 Å². The predicted molar refractivity (Wildman–Crippen MR) is 88.4 cm³/mol. The lowest BCUT2D eigenvalue weighted by molar-refractivity contribution is -0.128. The quantitative estimate of drug-likeness (QED) is 0.617. The third-order valence-electron chi connectivity index (χ3n) is 3.57. The van der Waals surface area contributed by atoms with Gasteiger partial charge in [-0.2, -0.15) is 0 Å². The van der Waals surface area contributed by atoms with Gasteiger partial charge in [0, 0.05) is 32.4 Å². The maximum absolute atomic E-state index is 12.1. The van der Waals surface area contributed by atoms with Crippen molar-refractivity contribution in [1.29, 1.82) is 0 Å². The van der Waals surface area contributed by atoms with Crippen molar-refractivity contribution in [2.75, 3.05) is 25.4 Å². The van der Waals surface area contributed by atoms with Crippen molar-refractivity contribution in [3.8, 4) is 0 Å². The van der Waals surface area contributed by atoms with Crippen LogP contribution in [0, 0.1) is 5.92 Å². The van der Waals surface area contributed by atoms with E-state index in [0.717, 1.165) is 15.8 Å². The number of likely N-dealkylation sites (tertiary alicyclic amines) is 1. The van der Waals surface area contributed by atoms with Gasteiger partial charge in [0.2, 0.25) is 5.91 Å². The molecule has 0 spiro atoms. The van der Waals surface area contributed by atoms with Gasteiger partial charge in [-0.05, 0) is 11.4 Å². The van der Waals surface area contributed by atoms with Crippen molar-refractivity contribution < 1.29 is 9.59 Å². The molecular formula is C14H17N5O2S2. The van der Waals surface area contributed by atoms with Crippen LogP contribution < -0.4 is 5.32 Å². The zero-order valence-corrected chi connectivity index (χ0v) is 14.3. The average Bonchev–Trinajstić information content (AvgIpc) is 3.13. The van der Waals surface area contributed by atoms with Gasteiger partial charge in [-0.25, -0.2) is 0 Å². The first-order valence-corrected chi connectivity index (χ1v) is 9.09. The number of aryl methyl sites for hydroxylation is 1. The molecule has 1 saturated heterocycles. The number of hydrogen-bond acceptors (Lipinski definition) is 6. The predicted octanol–water partition coefficient (Wildman–Crippen LogP) is 0.857. The molecule has 1 aliphatic rings. The highest BCUT2D eigenvalue weighted by Gasteiger charge is 2.36. The van der Waals surface area contributed by atoms with E-state index in [1.807, 2.05) is 29.1 Å². The fourth-order valence-corrected chi connectivity index (χ4v) is 3.66. The van der Waals surface area contributed by atoms with Crippen molar-refractivity contribution in [1.82, 2.24) is 25.0 Å². The fourth-order valence-electron chi connectivity index (χ4n) is 2.23. The van der Waals surface area contributed by atoms with Crippen LogP contribution in [-0.4, -0.2) is 56.9 Å². The number of rotatable bonds is 6. The Bertz CT molecular complexity index is 679. The van der Waals surface area contributed by atoms with Crippen LogP contribution in [0.5, 0.6) is 0 Å². The van der Waals surface area contributed by atoms with Crippen LogP contribution in [0.15, 0.2) is 29.0 Å². The summed E-state index contributed by atoms with van der Waals surface area (Å²) in [6, 6.07) is 3.67. The number of nitrogens with one attached hydrogen (secondary N) is 1. The van der Waals surface area contributed by atoms with Gasteiger partial charge >= 0.3 is 0 Å². The van der Waals surface area contributed by atoms with Crippen LogP contribution in [0.1, 0.15) is 9.67 Å². The number of hydrogen-bond donors (Lipinski definition) is 1. The Labute approximate surface area is 142 Å². The molecule has 2 aromatic rings. The van der Waals surface area contributed by atoms with Crippen molar-refractivity contribution >= 4 is 34.9 Å². The summed E-state index contributed by atoms with van der Waals surface area (Å²) in [5.41, 5.74) is 0. The minimum Gasteiger partial charge on any atom is -0.355 e. The molecule has 0 bridgehead atoms. The highest BCUT2D eigenvalue weighted by molar-refractivity contribution is 7.99. The second-order valence-electron chi connectivity index (χ2n) is 5.25. The summed E-state index contributed by atoms with van der Waals surface area (Å²) in [6.07, 6.45) is 1.65. The number of carbonyl (C=O) groups excluding carboxylic acids is 2. The van der Waals surface area contributed by atoms with Gasteiger partial charge in [-0.1, -0.05) is 17.8 Å². The van der Waals surface area contributed by atoms with Crippen molar-refractivity contribution in [2.24, 2.45) is 13.0 Å². The molecule has 0 radical (unpaired) electrons. The number of carbonyl (C=O) groups is 2. The molecule has 23 heavy (non-hydrogen) atoms. The van der Waals surface area contributed by atoms with Gasteiger partial charge in [-0.15, -0.1) is 21.5 Å². The maximum Gasteiger partial charge on any atom is 0.263 e. The number of thioether (sulfide) groups is 1. The first-order valence-electron chi connectivity index (χ1n) is 7.22. The Morgan fingerprint density at radius 3 is 2.96 bits per heavy atom. The molecule has 0 unspecified atom stereocenters. The minimum absolute atomic E-state index is 0.0128. The molecule has 0 saturated carbocycles. The third-order valence-corrected chi connectivity index (χ3v) is 5.47. The summed E-state index contributed by atoms with van der Waals surface area (Å²) >= 11 is 2.98. The molecule has 0 aromatic carbocycles. The molecule has 1 fully saturated rings. The first kappa shape index (κ1) is 16.0. The van der Waals surface area contributed by atoms with Crippen LogP contribution in [0.2, 0.25) is 0 Å². The van der Waals surface area contributed by atoms with Gasteiger partial charge in [0.15, 0.2) is 5.16 Å². The summed E-state index contributed by atoms with van der Waals surface area (Å²) in [4.78, 5) is 26.5. The van der Waals surface area contributed by atoms with E-state index >= 15 is 0 Å². The zero-order valence-electron chi connectivity index (χ0n) is 12.6. The summed E-state index contributed by atoms with van der Waals surface area (Å²) in [5.74, 6) is 0.669. The molecule has 2 amide bonds. The highest BCUT2D eigenvalue weighted by atomic mass is 32.2. The van der Waals surface area contributed by atoms with Crippen LogP contribution in [-0.2, 0) is 11.8 Å². The molecule has 3 rings (SSSR count). The maximum atomic E-state index is 12.1. The second-order valence-corrected chi connectivity index (χ2v) is 7.26. The van der Waals surface area contributed by atoms with E-state index in [2.05, 4.69) is 15.5 Å². The summed E-state index contributed by atoms with van der Waals surface area (Å²) in [7, 11) is 1.88. The van der Waals surface area contributed by atoms with Gasteiger partial charge < -0.3 is 14.8 Å². The van der Waals surface area contributed by atoms with Crippen LogP contribution in [0.4, 0.5) is 0 Å². The monoisotopic (exact) mass is 351 g/mol. The Balaban J connectivity index is 1.34. The van der Waals surface area contributed by atoms with Crippen molar-refractivity contribution in [3.63, 3.8) is 0 Å². The smallest absolute Gasteiger partial charge is 0.263 e. The fraction of sp³-hybridized carbons (Fsp3) is 0.429. The molecule has 7 nitrogen and oxygen atoms in total. The molecule has 3 heterocycles. The number of amides is 2. The second kappa shape index (κ2) is 7.14. The molecule has 0 aliphatic carbocycles. The van der Waals surface area contributed by atoms with Crippen molar-refractivity contribution in [2.45, 2.75) is 5.16 Å². The van der Waals surface area contributed by atoms with Gasteiger partial charge in [0.25, 0.3) is 5.91 Å². The lowest BCUT2D eigenvalue weighted by Crippen LogP contribution is -2.55. The number of thiophene rings is 1. The zero-order chi connectivity index (χ0) is 16.2. The van der Waals surface area contributed by atoms with E-state index in [4.69, 9.17) is 0 Å². The standard InChI is InChI=1S/C14H17N5O2S2/c1-18-9-16-17-14(18)23-6-4-15-12(20)10-7-19(8-10)13(21)11-3-2-5-22-11/h2-3,5,9-10H,4,6-8H2,1H3,(H,15,20). The van der Waals surface area contributed by atoms with E-state index in [1.54, 1.807) is 23.0 Å². The largest absolute Gasteiger partial charge is 0.355 e. The Kier molecular flexibility index (Phi) is 4.97. The molecule has 122 valence electrons. The van der Waals surface area contributed by atoms with Gasteiger partial charge in [-0.3, -0.25) is 9.59 Å². The van der Waals surface area contributed by atoms with E-state index in [0.29, 0.717) is 19.6 Å². The molecule has 0 atom stereocenters. The minimum atomic E-state index is -0.0984. The van der Waals surface area contributed by atoms with Crippen LogP contribution in [0.25, 0.3) is 0 Å². The molecule has 1 N–H and O–H groups in total. The van der Waals surface area contributed by atoms with Gasteiger partial charge in [0.05, 0.1) is 10.8 Å². The molecular weight excluding hydrogens is 334 g/mol. The van der Waals surface area contributed by atoms with E-state index in [-0.39, 0.29) is 17.7 Å². The lowest BCUT2D eigenvalue weighted by Gasteiger charge is -2.37. The summed E-state index contributed by atoms with van der Waals surface area (Å²) < 4.78 is 1.84. The van der Waals surface area contributed by atoms with Gasteiger partial charge in [0.1, 0.15) is 6.33 Å². The molecule has 9 heteroatoms. The SMILES string of the molecule is Cn1cnnc1SCCNC(=O)C1CN(C(=O)c2cccs2)C1. The normalized spacial score (nSPS) is 14.6. The highest BCUT2D eigenvalue weighted by Crippen LogP contribution is 2.21. The molecule has 2 aromatic heterocycles. The van der Waals surface area contributed by atoms with E-state index in [1.165, 1.54) is 11.3 Å². The molecule has 1 aliphatic heterocycles. The number of nitrogens with zero attached hydrogens (tertiary/aromatic N) is 4. The average molecular weight is 351 g/mol. The Morgan fingerprint density at radius 1 is 1.48 bits per heavy atom. The lowest BCUT2D eigenvalue weighted by atomic mass is 9.99. The third kappa shape index (κ3) is 3.73.